The van der Waals surface area contributed by atoms with Gasteiger partial charge < -0.3 is 19.8 Å². The maximum atomic E-state index is 11.3. The summed E-state index contributed by atoms with van der Waals surface area (Å²) in [5.41, 5.74) is -2.11. The standard InChI is InChI=1S/C12H19NO4/c1-5-11(3)7(9(14)15)12(4,6-2)13-8(11)10(16)17/h7H,5-6H2,1-4H3,(H,14,15)(H,16,17)/p-2. The number of carboxylic acids is 2. The predicted molar refractivity (Wildman–Crippen MR) is 58.0 cm³/mol. The van der Waals surface area contributed by atoms with Crippen molar-refractivity contribution < 1.29 is 19.8 Å². The largest absolute Gasteiger partial charge is 0.550 e. The van der Waals surface area contributed by atoms with E-state index in [0.717, 1.165) is 0 Å². The third kappa shape index (κ3) is 1.83. The SMILES string of the molecule is CCC1(C)N=C(C(=O)[O-])C(C)(CC)C1C(=O)[O-]. The van der Waals surface area contributed by atoms with Gasteiger partial charge in [0.15, 0.2) is 0 Å². The van der Waals surface area contributed by atoms with Crippen LogP contribution in [0.3, 0.4) is 0 Å². The molecule has 0 aromatic carbocycles. The second-order valence-corrected chi connectivity index (χ2v) is 4.98. The fourth-order valence-electron chi connectivity index (χ4n) is 2.72. The van der Waals surface area contributed by atoms with Crippen molar-refractivity contribution in [3.05, 3.63) is 0 Å². The number of hydrogen-bond donors (Lipinski definition) is 0. The number of hydrogen-bond acceptors (Lipinski definition) is 5. The van der Waals surface area contributed by atoms with E-state index in [9.17, 15) is 19.8 Å². The lowest BCUT2D eigenvalue weighted by Crippen LogP contribution is -2.52. The van der Waals surface area contributed by atoms with E-state index in [1.54, 1.807) is 27.7 Å². The molecule has 0 bridgehead atoms. The van der Waals surface area contributed by atoms with Gasteiger partial charge in [0.2, 0.25) is 0 Å². The molecule has 96 valence electrons. The topological polar surface area (TPSA) is 92.6 Å². The Kier molecular flexibility index (Phi) is 3.32. The Balaban J connectivity index is 3.40. The smallest absolute Gasteiger partial charge is 0.0859 e. The Hall–Kier alpha value is -1.39. The monoisotopic (exact) mass is 239 g/mol. The molecule has 1 aliphatic heterocycles. The van der Waals surface area contributed by atoms with E-state index in [4.69, 9.17) is 0 Å². The highest BCUT2D eigenvalue weighted by atomic mass is 16.4. The summed E-state index contributed by atoms with van der Waals surface area (Å²) in [4.78, 5) is 26.5. The van der Waals surface area contributed by atoms with Crippen molar-refractivity contribution in [3.63, 3.8) is 0 Å². The zero-order valence-corrected chi connectivity index (χ0v) is 10.6. The molecular weight excluding hydrogens is 222 g/mol. The van der Waals surface area contributed by atoms with Crippen LogP contribution < -0.4 is 10.2 Å². The lowest BCUT2D eigenvalue weighted by molar-refractivity contribution is -0.316. The minimum atomic E-state index is -1.39. The van der Waals surface area contributed by atoms with E-state index in [2.05, 4.69) is 4.99 Å². The Morgan fingerprint density at radius 2 is 1.76 bits per heavy atom. The summed E-state index contributed by atoms with van der Waals surface area (Å²) >= 11 is 0. The Bertz CT molecular complexity index is 390. The van der Waals surface area contributed by atoms with Crippen LogP contribution >= 0.6 is 0 Å². The molecule has 0 spiro atoms. The van der Waals surface area contributed by atoms with Gasteiger partial charge >= 0.3 is 0 Å². The molecule has 3 atom stereocenters. The van der Waals surface area contributed by atoms with Crippen LogP contribution in [0, 0.1) is 11.3 Å². The first-order valence-corrected chi connectivity index (χ1v) is 5.75. The Morgan fingerprint density at radius 1 is 1.24 bits per heavy atom. The molecule has 5 nitrogen and oxygen atoms in total. The Morgan fingerprint density at radius 3 is 2.06 bits per heavy atom. The van der Waals surface area contributed by atoms with Crippen molar-refractivity contribution in [2.75, 3.05) is 0 Å². The number of aliphatic imine (C=N–C) groups is 1. The molecular formula is C12H17NO4-2. The molecule has 0 amide bonds. The van der Waals surface area contributed by atoms with Crippen molar-refractivity contribution in [3.8, 4) is 0 Å². The zero-order valence-electron chi connectivity index (χ0n) is 10.6. The van der Waals surface area contributed by atoms with Crippen LogP contribution in [-0.4, -0.2) is 23.2 Å². The highest BCUT2D eigenvalue weighted by molar-refractivity contribution is 6.38. The van der Waals surface area contributed by atoms with Crippen molar-refractivity contribution in [2.24, 2.45) is 16.3 Å². The number of carboxylic acid groups (broad SMARTS) is 2. The van der Waals surface area contributed by atoms with Gasteiger partial charge in [-0.2, -0.15) is 0 Å². The normalized spacial score (nSPS) is 36.7. The molecule has 5 heteroatoms. The molecule has 1 aliphatic rings. The van der Waals surface area contributed by atoms with Gasteiger partial charge in [0.25, 0.3) is 0 Å². The van der Waals surface area contributed by atoms with Gasteiger partial charge in [-0.15, -0.1) is 0 Å². The number of aliphatic carboxylic acids is 2. The van der Waals surface area contributed by atoms with Gasteiger partial charge in [0.05, 0.1) is 17.2 Å². The van der Waals surface area contributed by atoms with Gasteiger partial charge in [-0.1, -0.05) is 20.8 Å². The third-order valence-electron chi connectivity index (χ3n) is 4.05. The molecule has 0 radical (unpaired) electrons. The van der Waals surface area contributed by atoms with E-state index in [1.807, 2.05) is 0 Å². The minimum absolute atomic E-state index is 0.154. The molecule has 1 rings (SSSR count). The summed E-state index contributed by atoms with van der Waals surface area (Å²) in [6.07, 6.45) is 0.812. The molecule has 1 heterocycles. The third-order valence-corrected chi connectivity index (χ3v) is 4.05. The van der Waals surface area contributed by atoms with Crippen LogP contribution in [0.25, 0.3) is 0 Å². The summed E-state index contributed by atoms with van der Waals surface area (Å²) in [6, 6.07) is 0. The number of nitrogens with zero attached hydrogens (tertiary/aromatic N) is 1. The van der Waals surface area contributed by atoms with Gasteiger partial charge in [-0.3, -0.25) is 4.99 Å². The zero-order chi connectivity index (χ0) is 13.4. The fraction of sp³-hybridized carbons (Fsp3) is 0.750. The summed E-state index contributed by atoms with van der Waals surface area (Å²) in [5, 5.41) is 22.4. The fourth-order valence-corrected chi connectivity index (χ4v) is 2.72. The van der Waals surface area contributed by atoms with Gasteiger partial charge in [0, 0.05) is 17.3 Å². The molecule has 0 saturated carbocycles. The molecule has 17 heavy (non-hydrogen) atoms. The van der Waals surface area contributed by atoms with Crippen molar-refractivity contribution in [1.29, 1.82) is 0 Å². The first-order chi connectivity index (χ1) is 7.73. The average Bonchev–Trinajstić information content (AvgIpc) is 2.49. The quantitative estimate of drug-likeness (QED) is 0.638. The minimum Gasteiger partial charge on any atom is -0.550 e. The van der Waals surface area contributed by atoms with E-state index in [-0.39, 0.29) is 5.71 Å². The predicted octanol–water partition coefficient (Wildman–Crippen LogP) is -0.858. The van der Waals surface area contributed by atoms with E-state index in [0.29, 0.717) is 12.8 Å². The summed E-state index contributed by atoms with van der Waals surface area (Å²) in [6.45, 7) is 6.78. The van der Waals surface area contributed by atoms with Gasteiger partial charge in [-0.05, 0) is 19.8 Å². The van der Waals surface area contributed by atoms with E-state index >= 15 is 0 Å². The number of carbonyl (C=O) groups excluding carboxylic acids is 2. The van der Waals surface area contributed by atoms with Crippen LogP contribution in [0.1, 0.15) is 40.5 Å². The first kappa shape index (κ1) is 13.7. The molecule has 0 aromatic rings. The summed E-state index contributed by atoms with van der Waals surface area (Å²) < 4.78 is 0. The van der Waals surface area contributed by atoms with Gasteiger partial charge in [0.1, 0.15) is 0 Å². The molecule has 0 fully saturated rings. The number of rotatable bonds is 4. The lowest BCUT2D eigenvalue weighted by Gasteiger charge is -2.39. The molecule has 0 aromatic heterocycles. The van der Waals surface area contributed by atoms with Crippen LogP contribution in [0.2, 0.25) is 0 Å². The van der Waals surface area contributed by atoms with Crippen molar-refractivity contribution in [1.82, 2.24) is 0 Å². The van der Waals surface area contributed by atoms with E-state index < -0.39 is 28.8 Å². The molecule has 0 aliphatic carbocycles. The lowest BCUT2D eigenvalue weighted by atomic mass is 9.66. The maximum absolute atomic E-state index is 11.3. The van der Waals surface area contributed by atoms with Crippen molar-refractivity contribution in [2.45, 2.75) is 46.1 Å². The van der Waals surface area contributed by atoms with E-state index in [1.165, 1.54) is 0 Å². The Labute approximate surface area is 101 Å². The second kappa shape index (κ2) is 4.13. The van der Waals surface area contributed by atoms with Gasteiger partial charge in [-0.25, -0.2) is 0 Å². The summed E-state index contributed by atoms with van der Waals surface area (Å²) in [7, 11) is 0. The van der Waals surface area contributed by atoms with Crippen LogP contribution in [0.5, 0.6) is 0 Å². The molecule has 0 saturated heterocycles. The summed E-state index contributed by atoms with van der Waals surface area (Å²) in [5.74, 6) is -3.57. The maximum Gasteiger partial charge on any atom is 0.0859 e. The van der Waals surface area contributed by atoms with Crippen molar-refractivity contribution >= 4 is 17.7 Å². The van der Waals surface area contributed by atoms with Crippen LogP contribution in [0.4, 0.5) is 0 Å². The molecule has 0 N–H and O–H groups in total. The van der Waals surface area contributed by atoms with Crippen LogP contribution in [-0.2, 0) is 9.59 Å². The highest BCUT2D eigenvalue weighted by Gasteiger charge is 2.53. The number of carbonyl (C=O) groups is 2. The average molecular weight is 239 g/mol. The second-order valence-electron chi connectivity index (χ2n) is 4.98. The van der Waals surface area contributed by atoms with Crippen LogP contribution in [0.15, 0.2) is 4.99 Å². The molecule has 3 unspecified atom stereocenters. The first-order valence-electron chi connectivity index (χ1n) is 5.75. The highest BCUT2D eigenvalue weighted by Crippen LogP contribution is 2.48.